The monoisotopic (exact) mass is 244 g/mol. The minimum Gasteiger partial charge on any atom is -0.480 e. The molecule has 0 spiro atoms. The molecule has 1 aliphatic rings. The third kappa shape index (κ3) is 3.17. The fourth-order valence-corrected chi connectivity index (χ4v) is 1.62. The molecule has 98 valence electrons. The second-order valence-corrected chi connectivity index (χ2v) is 5.30. The van der Waals surface area contributed by atoms with Crippen LogP contribution in [0.3, 0.4) is 0 Å². The number of hydrogen-bond donors (Lipinski definition) is 2. The van der Waals surface area contributed by atoms with Crippen molar-refractivity contribution in [3.8, 4) is 0 Å². The highest BCUT2D eigenvalue weighted by Crippen LogP contribution is 2.21. The number of carbonyl (C=O) groups excluding carboxylic acids is 1. The normalized spacial score (nSPS) is 23.3. The summed E-state index contributed by atoms with van der Waals surface area (Å²) in [7, 11) is 0. The van der Waals surface area contributed by atoms with Crippen LogP contribution in [0.25, 0.3) is 0 Å². The molecule has 2 atom stereocenters. The predicted molar refractivity (Wildman–Crippen MR) is 61.4 cm³/mol. The molecule has 6 heteroatoms. The summed E-state index contributed by atoms with van der Waals surface area (Å²) < 4.78 is 5.07. The average molecular weight is 244 g/mol. The molecule has 17 heavy (non-hydrogen) atoms. The van der Waals surface area contributed by atoms with Crippen molar-refractivity contribution in [2.24, 2.45) is 11.1 Å². The third-order valence-corrected chi connectivity index (χ3v) is 2.90. The number of carboxylic acids is 1. The highest BCUT2D eigenvalue weighted by Gasteiger charge is 2.38. The predicted octanol–water partition coefficient (Wildman–Crippen LogP) is -0.328. The Balaban J connectivity index is 2.82. The van der Waals surface area contributed by atoms with Crippen LogP contribution in [0.1, 0.15) is 20.8 Å². The number of carbonyl (C=O) groups is 2. The van der Waals surface area contributed by atoms with Crippen LogP contribution >= 0.6 is 0 Å². The average Bonchev–Trinajstić information content (AvgIpc) is 2.25. The van der Waals surface area contributed by atoms with Gasteiger partial charge in [0.05, 0.1) is 19.3 Å². The van der Waals surface area contributed by atoms with Crippen molar-refractivity contribution >= 4 is 11.9 Å². The summed E-state index contributed by atoms with van der Waals surface area (Å²) in [4.78, 5) is 24.5. The topological polar surface area (TPSA) is 92.9 Å². The van der Waals surface area contributed by atoms with Gasteiger partial charge in [0.25, 0.3) is 0 Å². The number of hydrogen-bond acceptors (Lipinski definition) is 4. The first kappa shape index (κ1) is 13.9. The molecule has 2 unspecified atom stereocenters. The molecule has 0 aliphatic carbocycles. The number of ether oxygens (including phenoxy) is 1. The molecular formula is C11H20N2O4. The summed E-state index contributed by atoms with van der Waals surface area (Å²) in [6.07, 6.45) is 0. The lowest BCUT2D eigenvalue weighted by molar-refractivity contribution is -0.160. The fraction of sp³-hybridized carbons (Fsp3) is 0.818. The first-order valence-corrected chi connectivity index (χ1v) is 5.61. The summed E-state index contributed by atoms with van der Waals surface area (Å²) in [6, 6.07) is -1.63. The van der Waals surface area contributed by atoms with Crippen LogP contribution in [0.5, 0.6) is 0 Å². The van der Waals surface area contributed by atoms with Gasteiger partial charge < -0.3 is 20.5 Å². The van der Waals surface area contributed by atoms with Crippen molar-refractivity contribution in [1.82, 2.24) is 4.90 Å². The van der Waals surface area contributed by atoms with Crippen molar-refractivity contribution in [3.63, 3.8) is 0 Å². The van der Waals surface area contributed by atoms with E-state index in [1.807, 2.05) is 20.8 Å². The first-order chi connectivity index (χ1) is 7.75. The van der Waals surface area contributed by atoms with Crippen LogP contribution in [-0.2, 0) is 14.3 Å². The van der Waals surface area contributed by atoms with Gasteiger partial charge in [-0.15, -0.1) is 0 Å². The lowest BCUT2D eigenvalue weighted by Crippen LogP contribution is -2.59. The molecular weight excluding hydrogens is 224 g/mol. The van der Waals surface area contributed by atoms with Crippen LogP contribution in [0.4, 0.5) is 0 Å². The van der Waals surface area contributed by atoms with Gasteiger partial charge in [-0.1, -0.05) is 20.8 Å². The van der Waals surface area contributed by atoms with Crippen LogP contribution in [-0.4, -0.2) is 53.7 Å². The molecule has 0 aromatic carbocycles. The molecule has 3 N–H and O–H groups in total. The van der Waals surface area contributed by atoms with E-state index in [4.69, 9.17) is 15.6 Å². The molecule has 1 saturated heterocycles. The van der Waals surface area contributed by atoms with E-state index in [1.54, 1.807) is 0 Å². The Labute approximate surface area is 101 Å². The van der Waals surface area contributed by atoms with E-state index < -0.39 is 23.5 Å². The van der Waals surface area contributed by atoms with Gasteiger partial charge in [-0.2, -0.15) is 0 Å². The number of aliphatic carboxylic acids is 1. The largest absolute Gasteiger partial charge is 0.480 e. The number of nitrogens with two attached hydrogens (primary N) is 1. The van der Waals surface area contributed by atoms with Crippen LogP contribution in [0, 0.1) is 5.41 Å². The number of nitrogens with zero attached hydrogens (tertiary/aromatic N) is 1. The minimum atomic E-state index is -1.06. The Bertz CT molecular complexity index is 311. The molecule has 0 aromatic rings. The maximum absolute atomic E-state index is 12.1. The van der Waals surface area contributed by atoms with E-state index in [9.17, 15) is 9.59 Å². The number of morpholine rings is 1. The molecule has 1 amide bonds. The maximum Gasteiger partial charge on any atom is 0.328 e. The lowest BCUT2D eigenvalue weighted by Gasteiger charge is -2.37. The molecule has 1 rings (SSSR count). The molecule has 0 aromatic heterocycles. The van der Waals surface area contributed by atoms with Crippen LogP contribution < -0.4 is 5.73 Å². The summed E-state index contributed by atoms with van der Waals surface area (Å²) in [5, 5.41) is 9.03. The van der Waals surface area contributed by atoms with Crippen molar-refractivity contribution < 1.29 is 19.4 Å². The van der Waals surface area contributed by atoms with Gasteiger partial charge in [0.2, 0.25) is 5.91 Å². The highest BCUT2D eigenvalue weighted by molar-refractivity contribution is 5.87. The standard InChI is InChI=1S/C11H20N2O4/c1-11(2,3)8(12)9(14)13-4-5-17-6-7(13)10(15)16/h7-8H,4-6,12H2,1-3H3,(H,15,16). The third-order valence-electron chi connectivity index (χ3n) is 2.90. The van der Waals surface area contributed by atoms with E-state index >= 15 is 0 Å². The number of amides is 1. The SMILES string of the molecule is CC(C)(C)C(N)C(=O)N1CCOCC1C(=O)O. The van der Waals surface area contributed by atoms with Gasteiger partial charge in [0, 0.05) is 6.54 Å². The summed E-state index contributed by atoms with van der Waals surface area (Å²) in [5.74, 6) is -1.38. The highest BCUT2D eigenvalue weighted by atomic mass is 16.5. The quantitative estimate of drug-likeness (QED) is 0.694. The molecule has 1 heterocycles. The Kier molecular flexibility index (Phi) is 4.11. The van der Waals surface area contributed by atoms with E-state index in [2.05, 4.69) is 0 Å². The van der Waals surface area contributed by atoms with Gasteiger partial charge in [-0.3, -0.25) is 4.79 Å². The lowest BCUT2D eigenvalue weighted by atomic mass is 9.86. The molecule has 1 aliphatic heterocycles. The maximum atomic E-state index is 12.1. The molecule has 6 nitrogen and oxygen atoms in total. The van der Waals surface area contributed by atoms with Gasteiger partial charge in [-0.25, -0.2) is 4.79 Å². The zero-order valence-electron chi connectivity index (χ0n) is 10.5. The number of rotatable bonds is 2. The van der Waals surface area contributed by atoms with Crippen molar-refractivity contribution in [2.45, 2.75) is 32.9 Å². The summed E-state index contributed by atoms with van der Waals surface area (Å²) in [6.45, 7) is 6.22. The Hall–Kier alpha value is -1.14. The molecule has 1 fully saturated rings. The Morgan fingerprint density at radius 2 is 2.06 bits per heavy atom. The van der Waals surface area contributed by atoms with E-state index in [0.29, 0.717) is 6.61 Å². The molecule has 0 saturated carbocycles. The van der Waals surface area contributed by atoms with E-state index in [1.165, 1.54) is 4.90 Å². The van der Waals surface area contributed by atoms with Crippen molar-refractivity contribution in [2.75, 3.05) is 19.8 Å². The van der Waals surface area contributed by atoms with Gasteiger partial charge in [-0.05, 0) is 5.41 Å². The zero-order valence-corrected chi connectivity index (χ0v) is 10.5. The summed E-state index contributed by atoms with van der Waals surface area (Å²) in [5.41, 5.74) is 5.47. The fourth-order valence-electron chi connectivity index (χ4n) is 1.62. The smallest absolute Gasteiger partial charge is 0.328 e. The van der Waals surface area contributed by atoms with E-state index in [-0.39, 0.29) is 19.1 Å². The summed E-state index contributed by atoms with van der Waals surface area (Å²) >= 11 is 0. The second-order valence-electron chi connectivity index (χ2n) is 5.30. The minimum absolute atomic E-state index is 0.0257. The van der Waals surface area contributed by atoms with Gasteiger partial charge in [0.15, 0.2) is 6.04 Å². The zero-order chi connectivity index (χ0) is 13.2. The van der Waals surface area contributed by atoms with Crippen LogP contribution in [0.15, 0.2) is 0 Å². The van der Waals surface area contributed by atoms with Crippen LogP contribution in [0.2, 0.25) is 0 Å². The van der Waals surface area contributed by atoms with Gasteiger partial charge >= 0.3 is 5.97 Å². The first-order valence-electron chi connectivity index (χ1n) is 5.61. The Morgan fingerprint density at radius 1 is 1.47 bits per heavy atom. The van der Waals surface area contributed by atoms with Crippen molar-refractivity contribution in [1.29, 1.82) is 0 Å². The van der Waals surface area contributed by atoms with Gasteiger partial charge in [0.1, 0.15) is 0 Å². The number of carboxylic acid groups (broad SMARTS) is 1. The molecule has 0 bridgehead atoms. The molecule has 0 radical (unpaired) electrons. The Morgan fingerprint density at radius 3 is 2.53 bits per heavy atom. The second kappa shape index (κ2) is 5.01. The van der Waals surface area contributed by atoms with Crippen molar-refractivity contribution in [3.05, 3.63) is 0 Å². The van der Waals surface area contributed by atoms with E-state index in [0.717, 1.165) is 0 Å².